The number of benzene rings is 1. The van der Waals surface area contributed by atoms with Gasteiger partial charge >= 0.3 is 0 Å². The summed E-state index contributed by atoms with van der Waals surface area (Å²) in [6.07, 6.45) is 8.67. The second-order valence-electron chi connectivity index (χ2n) is 11.1. The van der Waals surface area contributed by atoms with Crippen molar-refractivity contribution < 1.29 is 0 Å². The number of rotatable bonds is 6. The van der Waals surface area contributed by atoms with Crippen LogP contribution >= 0.6 is 12.2 Å². The summed E-state index contributed by atoms with van der Waals surface area (Å²) in [5.74, 6) is 3.97. The van der Waals surface area contributed by atoms with E-state index in [1.165, 1.54) is 50.5 Å². The van der Waals surface area contributed by atoms with Crippen molar-refractivity contribution in [2.75, 3.05) is 47.8 Å². The minimum absolute atomic E-state index is 0.149. The first-order valence-corrected chi connectivity index (χ1v) is 13.9. The molecule has 2 saturated heterocycles. The van der Waals surface area contributed by atoms with Crippen LogP contribution in [0.25, 0.3) is 0 Å². The van der Waals surface area contributed by atoms with E-state index < -0.39 is 0 Å². The van der Waals surface area contributed by atoms with Crippen LogP contribution in [0.1, 0.15) is 64.4 Å². The van der Waals surface area contributed by atoms with E-state index in [1.54, 1.807) is 0 Å². The van der Waals surface area contributed by atoms with Crippen LogP contribution in [-0.4, -0.2) is 47.8 Å². The second-order valence-corrected chi connectivity index (χ2v) is 11.5. The minimum Gasteiger partial charge on any atom is -0.361 e. The SMILES string of the molecule is C[C@H]1C[C@H](C)CN(c2cc(N3CCCC3)nc(NC(=S)NCC3(c4ccccc4)CCCC3)n2)C1. The Balaban J connectivity index is 1.32. The molecule has 3 heterocycles. The first kappa shape index (κ1) is 24.3. The van der Waals surface area contributed by atoms with Gasteiger partial charge in [-0.1, -0.05) is 57.0 Å². The Kier molecular flexibility index (Phi) is 7.42. The van der Waals surface area contributed by atoms with Gasteiger partial charge in [-0.3, -0.25) is 0 Å². The largest absolute Gasteiger partial charge is 0.361 e. The molecule has 7 heteroatoms. The fraction of sp³-hybridized carbons (Fsp3) is 0.607. The molecule has 3 fully saturated rings. The number of piperidine rings is 1. The van der Waals surface area contributed by atoms with E-state index >= 15 is 0 Å². The number of nitrogens with zero attached hydrogens (tertiary/aromatic N) is 4. The van der Waals surface area contributed by atoms with Gasteiger partial charge in [-0.05, 0) is 61.7 Å². The van der Waals surface area contributed by atoms with Gasteiger partial charge in [-0.2, -0.15) is 9.97 Å². The van der Waals surface area contributed by atoms with Crippen molar-refractivity contribution in [1.82, 2.24) is 15.3 Å². The Bertz CT molecular complexity index is 990. The van der Waals surface area contributed by atoms with E-state index in [-0.39, 0.29) is 5.41 Å². The summed E-state index contributed by atoms with van der Waals surface area (Å²) in [6.45, 7) is 9.73. The van der Waals surface area contributed by atoms with Crippen molar-refractivity contribution in [3.8, 4) is 0 Å². The van der Waals surface area contributed by atoms with Crippen LogP contribution in [0.5, 0.6) is 0 Å². The average Bonchev–Trinajstić information content (AvgIpc) is 3.56. The zero-order chi connectivity index (χ0) is 24.3. The summed E-state index contributed by atoms with van der Waals surface area (Å²) in [7, 11) is 0. The molecule has 0 unspecified atom stereocenters. The smallest absolute Gasteiger partial charge is 0.232 e. The van der Waals surface area contributed by atoms with Crippen LogP contribution in [0.2, 0.25) is 0 Å². The average molecular weight is 493 g/mol. The quantitative estimate of drug-likeness (QED) is 0.527. The van der Waals surface area contributed by atoms with Crippen molar-refractivity contribution >= 4 is 34.9 Å². The minimum atomic E-state index is 0.149. The van der Waals surface area contributed by atoms with Crippen LogP contribution in [0.15, 0.2) is 36.4 Å². The van der Waals surface area contributed by atoms with Crippen molar-refractivity contribution in [2.45, 2.75) is 64.2 Å². The normalized spacial score (nSPS) is 23.9. The molecule has 2 aliphatic heterocycles. The highest BCUT2D eigenvalue weighted by Gasteiger charge is 2.35. The van der Waals surface area contributed by atoms with Crippen LogP contribution in [0.3, 0.4) is 0 Å². The fourth-order valence-electron chi connectivity index (χ4n) is 6.40. The summed E-state index contributed by atoms with van der Waals surface area (Å²) >= 11 is 5.76. The van der Waals surface area contributed by atoms with E-state index in [2.05, 4.69) is 70.7 Å². The van der Waals surface area contributed by atoms with Crippen LogP contribution in [-0.2, 0) is 5.41 Å². The number of hydrogen-bond donors (Lipinski definition) is 2. The second kappa shape index (κ2) is 10.7. The summed E-state index contributed by atoms with van der Waals surface area (Å²) in [5.41, 5.74) is 1.56. The van der Waals surface area contributed by atoms with E-state index in [1.807, 2.05) is 0 Å². The highest BCUT2D eigenvalue weighted by Crippen LogP contribution is 2.40. The molecule has 0 amide bonds. The summed E-state index contributed by atoms with van der Waals surface area (Å²) in [4.78, 5) is 14.7. The van der Waals surface area contributed by atoms with Gasteiger partial charge in [0.25, 0.3) is 0 Å². The van der Waals surface area contributed by atoms with E-state index in [9.17, 15) is 0 Å². The highest BCUT2D eigenvalue weighted by molar-refractivity contribution is 7.80. The highest BCUT2D eigenvalue weighted by atomic mass is 32.1. The van der Waals surface area contributed by atoms with Crippen molar-refractivity contribution in [2.24, 2.45) is 11.8 Å². The van der Waals surface area contributed by atoms with Gasteiger partial charge in [0.1, 0.15) is 11.6 Å². The van der Waals surface area contributed by atoms with E-state index in [4.69, 9.17) is 22.2 Å². The van der Waals surface area contributed by atoms with Crippen LogP contribution in [0.4, 0.5) is 17.6 Å². The topological polar surface area (TPSA) is 56.3 Å². The molecule has 3 aliphatic rings. The van der Waals surface area contributed by atoms with Gasteiger partial charge < -0.3 is 20.4 Å². The van der Waals surface area contributed by atoms with Gasteiger partial charge in [-0.15, -0.1) is 0 Å². The zero-order valence-electron chi connectivity index (χ0n) is 21.3. The Morgan fingerprint density at radius 1 is 0.943 bits per heavy atom. The Hall–Kier alpha value is -2.41. The number of anilines is 3. The molecule has 1 aromatic carbocycles. The van der Waals surface area contributed by atoms with Crippen LogP contribution in [0, 0.1) is 11.8 Å². The predicted molar refractivity (Wildman–Crippen MR) is 149 cm³/mol. The molecule has 188 valence electrons. The molecule has 35 heavy (non-hydrogen) atoms. The molecular weight excluding hydrogens is 452 g/mol. The standard InChI is InChI=1S/C28H40N6S/c1-21-16-22(2)19-34(18-21)25-17-24(33-14-8-9-15-33)30-26(31-25)32-27(35)29-20-28(12-6-7-13-28)23-10-4-3-5-11-23/h3-5,10-11,17,21-22H,6-9,12-16,18-20H2,1-2H3,(H2,29,30,31,32,35)/t21-,22-/m0/s1. The first-order valence-electron chi connectivity index (χ1n) is 13.5. The lowest BCUT2D eigenvalue weighted by atomic mass is 9.79. The lowest BCUT2D eigenvalue weighted by Gasteiger charge is -2.36. The molecule has 0 spiro atoms. The van der Waals surface area contributed by atoms with Crippen LogP contribution < -0.4 is 20.4 Å². The van der Waals surface area contributed by atoms with Gasteiger partial charge in [0.05, 0.1) is 0 Å². The lowest BCUT2D eigenvalue weighted by molar-refractivity contribution is 0.355. The number of thiocarbonyl (C=S) groups is 1. The molecule has 2 N–H and O–H groups in total. The molecule has 2 aromatic rings. The van der Waals surface area contributed by atoms with Gasteiger partial charge in [0, 0.05) is 44.2 Å². The Morgan fingerprint density at radius 2 is 1.57 bits per heavy atom. The maximum absolute atomic E-state index is 5.76. The number of nitrogens with one attached hydrogen (secondary N) is 2. The lowest BCUT2D eigenvalue weighted by Crippen LogP contribution is -2.41. The molecule has 6 nitrogen and oxygen atoms in total. The molecule has 1 saturated carbocycles. The molecule has 0 radical (unpaired) electrons. The van der Waals surface area contributed by atoms with Gasteiger partial charge in [0.2, 0.25) is 5.95 Å². The first-order chi connectivity index (χ1) is 17.0. The van der Waals surface area contributed by atoms with Gasteiger partial charge in [-0.25, -0.2) is 0 Å². The zero-order valence-corrected chi connectivity index (χ0v) is 22.1. The number of aromatic nitrogens is 2. The predicted octanol–water partition coefficient (Wildman–Crippen LogP) is 5.36. The van der Waals surface area contributed by atoms with Crippen molar-refractivity contribution in [1.29, 1.82) is 0 Å². The fourth-order valence-corrected chi connectivity index (χ4v) is 6.57. The molecule has 1 aromatic heterocycles. The molecule has 0 bridgehead atoms. The number of hydrogen-bond acceptors (Lipinski definition) is 5. The Labute approximate surface area is 215 Å². The summed E-state index contributed by atoms with van der Waals surface area (Å²) in [5, 5.41) is 7.48. The van der Waals surface area contributed by atoms with Crippen molar-refractivity contribution in [3.05, 3.63) is 42.0 Å². The third kappa shape index (κ3) is 5.71. The maximum Gasteiger partial charge on any atom is 0.232 e. The monoisotopic (exact) mass is 492 g/mol. The van der Waals surface area contributed by atoms with Gasteiger partial charge in [0.15, 0.2) is 5.11 Å². The molecule has 2 atom stereocenters. The van der Waals surface area contributed by atoms with E-state index in [0.29, 0.717) is 22.9 Å². The van der Waals surface area contributed by atoms with Crippen molar-refractivity contribution in [3.63, 3.8) is 0 Å². The Morgan fingerprint density at radius 3 is 2.23 bits per heavy atom. The van der Waals surface area contributed by atoms with E-state index in [0.717, 1.165) is 44.4 Å². The third-order valence-corrected chi connectivity index (χ3v) is 8.33. The third-order valence-electron chi connectivity index (χ3n) is 8.08. The molecule has 1 aliphatic carbocycles. The molecular formula is C28H40N6S. The molecule has 5 rings (SSSR count). The summed E-state index contributed by atoms with van der Waals surface area (Å²) < 4.78 is 0. The summed E-state index contributed by atoms with van der Waals surface area (Å²) in [6, 6.07) is 13.1. The maximum atomic E-state index is 5.76.